The van der Waals surface area contributed by atoms with Gasteiger partial charge in [0.25, 0.3) is 0 Å². The van der Waals surface area contributed by atoms with Gasteiger partial charge in [-0.2, -0.15) is 0 Å². The van der Waals surface area contributed by atoms with E-state index < -0.39 is 0 Å². The highest BCUT2D eigenvalue weighted by Gasteiger charge is 2.27. The van der Waals surface area contributed by atoms with Crippen molar-refractivity contribution in [2.24, 2.45) is 5.92 Å². The topological polar surface area (TPSA) is 61.3 Å². The Morgan fingerprint density at radius 1 is 1.00 bits per heavy atom. The highest BCUT2D eigenvalue weighted by Crippen LogP contribution is 2.31. The highest BCUT2D eigenvalue weighted by atomic mass is 19.1. The number of phenolic OH excluding ortho intramolecular Hbond substituents is 1. The van der Waals surface area contributed by atoms with E-state index in [0.29, 0.717) is 34.0 Å². The average molecular weight is 421 g/mol. The molecule has 1 saturated heterocycles. The van der Waals surface area contributed by atoms with E-state index in [2.05, 4.69) is 20.2 Å². The Morgan fingerprint density at radius 2 is 1.77 bits per heavy atom. The van der Waals surface area contributed by atoms with Crippen LogP contribution in [0.1, 0.15) is 38.5 Å². The predicted molar refractivity (Wildman–Crippen MR) is 122 cm³/mol. The van der Waals surface area contributed by atoms with Crippen LogP contribution in [-0.2, 0) is 0 Å². The number of hydrogen-bond acceptors (Lipinski definition) is 5. The fourth-order valence-corrected chi connectivity index (χ4v) is 5.05. The van der Waals surface area contributed by atoms with Gasteiger partial charge in [-0.15, -0.1) is 0 Å². The van der Waals surface area contributed by atoms with Crippen LogP contribution in [0, 0.1) is 11.7 Å². The fourth-order valence-electron chi connectivity index (χ4n) is 5.05. The van der Waals surface area contributed by atoms with Crippen LogP contribution in [0.4, 0.5) is 10.2 Å². The smallest absolute Gasteiger partial charge is 0.165 e. The van der Waals surface area contributed by atoms with Gasteiger partial charge in [0.2, 0.25) is 0 Å². The Morgan fingerprint density at radius 3 is 2.55 bits per heavy atom. The second-order valence-corrected chi connectivity index (χ2v) is 8.87. The van der Waals surface area contributed by atoms with Gasteiger partial charge in [0.1, 0.15) is 17.4 Å². The number of anilines is 1. The Labute approximate surface area is 182 Å². The van der Waals surface area contributed by atoms with Crippen LogP contribution >= 0.6 is 0 Å². The predicted octanol–water partition coefficient (Wildman–Crippen LogP) is 5.21. The molecule has 162 valence electrons. The second-order valence-electron chi connectivity index (χ2n) is 8.87. The Hall–Kier alpha value is -2.73. The third-order valence-electron chi connectivity index (χ3n) is 6.85. The van der Waals surface area contributed by atoms with Crippen LogP contribution < -0.4 is 5.32 Å². The molecule has 0 bridgehead atoms. The number of rotatable bonds is 5. The molecule has 2 fully saturated rings. The molecule has 1 aliphatic carbocycles. The normalized spacial score (nSPS) is 18.6. The maximum atomic E-state index is 14.0. The van der Waals surface area contributed by atoms with Crippen LogP contribution in [0.2, 0.25) is 0 Å². The molecule has 5 rings (SSSR count). The average Bonchev–Trinajstić information content (AvgIpc) is 3.33. The molecule has 3 aromatic rings. The van der Waals surface area contributed by atoms with Gasteiger partial charge >= 0.3 is 0 Å². The number of likely N-dealkylation sites (tertiary alicyclic amines) is 1. The summed E-state index contributed by atoms with van der Waals surface area (Å²) in [7, 11) is 0. The summed E-state index contributed by atoms with van der Waals surface area (Å²) < 4.78 is 14.0. The van der Waals surface area contributed by atoms with Crippen LogP contribution in [0.3, 0.4) is 0 Å². The lowest BCUT2D eigenvalue weighted by Gasteiger charge is -2.36. The van der Waals surface area contributed by atoms with Crippen molar-refractivity contribution < 1.29 is 9.50 Å². The summed E-state index contributed by atoms with van der Waals surface area (Å²) in [5.74, 6) is 1.47. The number of aromatic hydroxyl groups is 1. The first kappa shape index (κ1) is 20.2. The van der Waals surface area contributed by atoms with Crippen LogP contribution in [0.25, 0.3) is 22.3 Å². The van der Waals surface area contributed by atoms with Gasteiger partial charge in [-0.25, -0.2) is 14.4 Å². The lowest BCUT2D eigenvalue weighted by Crippen LogP contribution is -2.41. The lowest BCUT2D eigenvalue weighted by atomic mass is 9.95. The van der Waals surface area contributed by atoms with E-state index >= 15 is 0 Å². The van der Waals surface area contributed by atoms with Crippen molar-refractivity contribution in [2.45, 2.75) is 44.6 Å². The van der Waals surface area contributed by atoms with Gasteiger partial charge in [-0.05, 0) is 75.0 Å². The van der Waals surface area contributed by atoms with Crippen molar-refractivity contribution in [3.05, 3.63) is 48.3 Å². The summed E-state index contributed by atoms with van der Waals surface area (Å²) in [6.07, 6.45) is 7.82. The zero-order chi connectivity index (χ0) is 21.2. The molecule has 1 saturated carbocycles. The molecule has 6 heteroatoms. The number of nitrogens with zero attached hydrogens (tertiary/aromatic N) is 3. The van der Waals surface area contributed by atoms with Crippen molar-refractivity contribution >= 4 is 16.7 Å². The SMILES string of the molecule is Oc1ccccc1-c1nc(NCC2CCN(C3CCCC3)CC2)c2cc(F)ccc2n1. The zero-order valence-electron chi connectivity index (χ0n) is 17.7. The monoisotopic (exact) mass is 420 g/mol. The van der Waals surface area contributed by atoms with E-state index in [-0.39, 0.29) is 11.6 Å². The molecule has 0 atom stereocenters. The summed E-state index contributed by atoms with van der Waals surface area (Å²) >= 11 is 0. The van der Waals surface area contributed by atoms with Crippen LogP contribution in [0.5, 0.6) is 5.75 Å². The molecular formula is C25H29FN4O. The molecule has 31 heavy (non-hydrogen) atoms. The largest absolute Gasteiger partial charge is 0.507 e. The highest BCUT2D eigenvalue weighted by molar-refractivity contribution is 5.91. The number of nitrogens with one attached hydrogen (secondary N) is 1. The molecule has 5 nitrogen and oxygen atoms in total. The van der Waals surface area contributed by atoms with E-state index in [0.717, 1.165) is 12.6 Å². The first-order valence-corrected chi connectivity index (χ1v) is 11.4. The Balaban J connectivity index is 1.35. The van der Waals surface area contributed by atoms with E-state index in [1.54, 1.807) is 24.3 Å². The van der Waals surface area contributed by atoms with Gasteiger partial charge in [-0.1, -0.05) is 25.0 Å². The first-order chi connectivity index (χ1) is 15.2. The summed E-state index contributed by atoms with van der Waals surface area (Å²) in [4.78, 5) is 11.9. The number of phenols is 1. The van der Waals surface area contributed by atoms with Crippen molar-refractivity contribution in [3.63, 3.8) is 0 Å². The molecular weight excluding hydrogens is 391 g/mol. The van der Waals surface area contributed by atoms with Gasteiger partial charge in [0.15, 0.2) is 5.82 Å². The molecule has 0 spiro atoms. The molecule has 2 heterocycles. The second kappa shape index (κ2) is 8.79. The number of hydrogen-bond donors (Lipinski definition) is 2. The number of para-hydroxylation sites is 1. The summed E-state index contributed by atoms with van der Waals surface area (Å²) in [5, 5.41) is 14.4. The molecule has 0 amide bonds. The van der Waals surface area contributed by atoms with Gasteiger partial charge < -0.3 is 15.3 Å². The number of fused-ring (bicyclic) bond motifs is 1. The minimum Gasteiger partial charge on any atom is -0.507 e. The summed E-state index contributed by atoms with van der Waals surface area (Å²) in [5.41, 5.74) is 1.23. The molecule has 2 aliphatic rings. The number of piperidine rings is 1. The molecule has 0 unspecified atom stereocenters. The van der Waals surface area contributed by atoms with E-state index in [1.807, 2.05) is 6.07 Å². The van der Waals surface area contributed by atoms with E-state index in [1.165, 1.54) is 63.7 Å². The number of benzene rings is 2. The maximum Gasteiger partial charge on any atom is 0.165 e. The lowest BCUT2D eigenvalue weighted by molar-refractivity contribution is 0.138. The van der Waals surface area contributed by atoms with Crippen molar-refractivity contribution in [3.8, 4) is 17.1 Å². The van der Waals surface area contributed by atoms with Gasteiger partial charge in [0.05, 0.1) is 11.1 Å². The molecule has 0 radical (unpaired) electrons. The maximum absolute atomic E-state index is 14.0. The third kappa shape index (κ3) is 4.35. The van der Waals surface area contributed by atoms with Crippen molar-refractivity contribution in [1.29, 1.82) is 0 Å². The number of aromatic nitrogens is 2. The number of halogens is 1. The van der Waals surface area contributed by atoms with Gasteiger partial charge in [-0.3, -0.25) is 0 Å². The first-order valence-electron chi connectivity index (χ1n) is 11.4. The summed E-state index contributed by atoms with van der Waals surface area (Å²) in [6.45, 7) is 3.14. The van der Waals surface area contributed by atoms with Gasteiger partial charge in [0, 0.05) is 18.0 Å². The van der Waals surface area contributed by atoms with Crippen molar-refractivity contribution in [2.75, 3.05) is 25.0 Å². The third-order valence-corrected chi connectivity index (χ3v) is 6.85. The molecule has 1 aromatic heterocycles. The zero-order valence-corrected chi connectivity index (χ0v) is 17.7. The minimum absolute atomic E-state index is 0.134. The van der Waals surface area contributed by atoms with E-state index in [4.69, 9.17) is 0 Å². The van der Waals surface area contributed by atoms with E-state index in [9.17, 15) is 9.50 Å². The minimum atomic E-state index is -0.306. The van der Waals surface area contributed by atoms with Crippen LogP contribution in [0.15, 0.2) is 42.5 Å². The van der Waals surface area contributed by atoms with Crippen molar-refractivity contribution in [1.82, 2.24) is 14.9 Å². The molecule has 2 aromatic carbocycles. The molecule has 2 N–H and O–H groups in total. The standard InChI is InChI=1S/C25H29FN4O/c26-18-9-10-22-21(15-18)24(29-25(28-22)20-7-3-4-8-23(20)31)27-16-17-11-13-30(14-12-17)19-5-1-2-6-19/h3-4,7-10,15,17,19,31H,1-2,5-6,11-14,16H2,(H,27,28,29). The summed E-state index contributed by atoms with van der Waals surface area (Å²) in [6, 6.07) is 12.4. The van der Waals surface area contributed by atoms with Crippen LogP contribution in [-0.4, -0.2) is 45.7 Å². The molecule has 1 aliphatic heterocycles. The Bertz CT molecular complexity index is 1060. The fraction of sp³-hybridized carbons (Fsp3) is 0.440. The quantitative estimate of drug-likeness (QED) is 0.593. The Kier molecular flexibility index (Phi) is 5.72.